The second-order valence-corrected chi connectivity index (χ2v) is 10.3. The fourth-order valence-corrected chi connectivity index (χ4v) is 5.57. The average Bonchev–Trinajstić information content (AvgIpc) is 3.35. The van der Waals surface area contributed by atoms with Crippen molar-refractivity contribution in [2.75, 3.05) is 25.0 Å². The van der Waals surface area contributed by atoms with Gasteiger partial charge in [0.2, 0.25) is 10.0 Å². The molecule has 1 fully saturated rings. The zero-order chi connectivity index (χ0) is 22.6. The Morgan fingerprint density at radius 1 is 0.938 bits per heavy atom. The van der Waals surface area contributed by atoms with Gasteiger partial charge in [0.25, 0.3) is 5.91 Å². The number of sulfonamides is 1. The summed E-state index contributed by atoms with van der Waals surface area (Å²) in [7, 11) is -3.47. The summed E-state index contributed by atoms with van der Waals surface area (Å²) in [4.78, 5) is 12.5. The number of hydrogen-bond acceptors (Lipinski definition) is 4. The number of benzene rings is 3. The van der Waals surface area contributed by atoms with Crippen LogP contribution in [0.15, 0.2) is 82.2 Å². The quantitative estimate of drug-likeness (QED) is 0.485. The molecular weight excluding hydrogens is 492 g/mol. The molecular formula is C24H23BrN2O4S. The maximum absolute atomic E-state index is 12.6. The summed E-state index contributed by atoms with van der Waals surface area (Å²) in [6.45, 7) is 0.942. The van der Waals surface area contributed by atoms with E-state index in [2.05, 4.69) is 21.2 Å². The molecule has 1 saturated heterocycles. The van der Waals surface area contributed by atoms with Crippen molar-refractivity contribution >= 4 is 37.5 Å². The first-order valence-corrected chi connectivity index (χ1v) is 12.5. The summed E-state index contributed by atoms with van der Waals surface area (Å²) in [5.74, 6) is 0.228. The van der Waals surface area contributed by atoms with Gasteiger partial charge in [0.1, 0.15) is 5.75 Å². The SMILES string of the molecule is O=C(COc1ccc(-c2ccccc2)cc1Br)Nc1ccc(S(=O)(=O)N2CCCC2)cc1. The lowest BCUT2D eigenvalue weighted by Gasteiger charge is -2.15. The molecule has 0 unspecified atom stereocenters. The Bertz CT molecular complexity index is 1190. The maximum atomic E-state index is 12.6. The Kier molecular flexibility index (Phi) is 6.93. The van der Waals surface area contributed by atoms with Crippen LogP contribution in [0.3, 0.4) is 0 Å². The number of rotatable bonds is 7. The molecule has 166 valence electrons. The van der Waals surface area contributed by atoms with Gasteiger partial charge >= 0.3 is 0 Å². The molecule has 0 spiro atoms. The van der Waals surface area contributed by atoms with Crippen LogP contribution in [0.4, 0.5) is 5.69 Å². The van der Waals surface area contributed by atoms with E-state index in [9.17, 15) is 13.2 Å². The summed E-state index contributed by atoms with van der Waals surface area (Å²) >= 11 is 3.50. The van der Waals surface area contributed by atoms with Crippen LogP contribution in [-0.2, 0) is 14.8 Å². The van der Waals surface area contributed by atoms with Gasteiger partial charge in [-0.2, -0.15) is 4.31 Å². The number of carbonyl (C=O) groups excluding carboxylic acids is 1. The first kappa shape index (κ1) is 22.5. The van der Waals surface area contributed by atoms with E-state index < -0.39 is 10.0 Å². The average molecular weight is 515 g/mol. The van der Waals surface area contributed by atoms with E-state index in [0.29, 0.717) is 24.5 Å². The molecule has 4 rings (SSSR count). The molecule has 0 bridgehead atoms. The van der Waals surface area contributed by atoms with E-state index in [-0.39, 0.29) is 17.4 Å². The Hall–Kier alpha value is -2.68. The van der Waals surface area contributed by atoms with Crippen molar-refractivity contribution in [2.24, 2.45) is 0 Å². The Morgan fingerprint density at radius 2 is 1.62 bits per heavy atom. The predicted octanol–water partition coefficient (Wildman–Crippen LogP) is 4.92. The highest BCUT2D eigenvalue weighted by Crippen LogP contribution is 2.30. The molecule has 1 heterocycles. The lowest BCUT2D eigenvalue weighted by molar-refractivity contribution is -0.118. The molecule has 0 aromatic heterocycles. The Morgan fingerprint density at radius 3 is 2.28 bits per heavy atom. The molecule has 8 heteroatoms. The minimum Gasteiger partial charge on any atom is -0.483 e. The van der Waals surface area contributed by atoms with E-state index in [1.54, 1.807) is 12.1 Å². The maximum Gasteiger partial charge on any atom is 0.262 e. The fourth-order valence-electron chi connectivity index (χ4n) is 3.56. The number of ether oxygens (including phenoxy) is 1. The predicted molar refractivity (Wildman–Crippen MR) is 128 cm³/mol. The Balaban J connectivity index is 1.34. The zero-order valence-electron chi connectivity index (χ0n) is 17.3. The standard InChI is InChI=1S/C24H23BrN2O4S/c25-22-16-19(18-6-2-1-3-7-18)8-13-23(22)31-17-24(28)26-20-9-11-21(12-10-20)32(29,30)27-14-4-5-15-27/h1-3,6-13,16H,4-5,14-15,17H2,(H,26,28). The monoisotopic (exact) mass is 514 g/mol. The van der Waals surface area contributed by atoms with Crippen LogP contribution >= 0.6 is 15.9 Å². The van der Waals surface area contributed by atoms with Crippen molar-refractivity contribution in [1.29, 1.82) is 0 Å². The van der Waals surface area contributed by atoms with Gasteiger partial charge in [0.05, 0.1) is 9.37 Å². The number of halogens is 1. The molecule has 0 radical (unpaired) electrons. The van der Waals surface area contributed by atoms with Gasteiger partial charge in [-0.15, -0.1) is 0 Å². The van der Waals surface area contributed by atoms with Crippen molar-refractivity contribution in [1.82, 2.24) is 4.31 Å². The molecule has 0 atom stereocenters. The highest BCUT2D eigenvalue weighted by molar-refractivity contribution is 9.10. The lowest BCUT2D eigenvalue weighted by Crippen LogP contribution is -2.27. The van der Waals surface area contributed by atoms with Gasteiger partial charge in [0.15, 0.2) is 6.61 Å². The number of hydrogen-bond donors (Lipinski definition) is 1. The van der Waals surface area contributed by atoms with Gasteiger partial charge in [-0.25, -0.2) is 8.42 Å². The third-order valence-electron chi connectivity index (χ3n) is 5.24. The first-order valence-electron chi connectivity index (χ1n) is 10.3. The van der Waals surface area contributed by atoms with E-state index >= 15 is 0 Å². The summed E-state index contributed by atoms with van der Waals surface area (Å²) in [5, 5.41) is 2.73. The smallest absolute Gasteiger partial charge is 0.262 e. The number of anilines is 1. The van der Waals surface area contributed by atoms with Gasteiger partial charge < -0.3 is 10.1 Å². The largest absolute Gasteiger partial charge is 0.483 e. The van der Waals surface area contributed by atoms with Crippen LogP contribution in [0.5, 0.6) is 5.75 Å². The van der Waals surface area contributed by atoms with E-state index in [1.165, 1.54) is 16.4 Å². The van der Waals surface area contributed by atoms with Gasteiger partial charge in [-0.05, 0) is 76.3 Å². The van der Waals surface area contributed by atoms with Crippen LogP contribution in [0, 0.1) is 0 Å². The minimum atomic E-state index is -3.47. The van der Waals surface area contributed by atoms with E-state index in [4.69, 9.17) is 4.74 Å². The van der Waals surface area contributed by atoms with Crippen molar-refractivity contribution in [3.8, 4) is 16.9 Å². The fraction of sp³-hybridized carbons (Fsp3) is 0.208. The second kappa shape index (κ2) is 9.85. The molecule has 0 aliphatic carbocycles. The number of nitrogens with one attached hydrogen (secondary N) is 1. The van der Waals surface area contributed by atoms with Crippen molar-refractivity contribution in [3.05, 3.63) is 77.3 Å². The molecule has 1 amide bonds. The van der Waals surface area contributed by atoms with E-state index in [1.807, 2.05) is 48.5 Å². The van der Waals surface area contributed by atoms with Crippen LogP contribution in [0.1, 0.15) is 12.8 Å². The number of carbonyl (C=O) groups is 1. The van der Waals surface area contributed by atoms with Crippen LogP contribution in [0.25, 0.3) is 11.1 Å². The zero-order valence-corrected chi connectivity index (χ0v) is 19.7. The molecule has 1 aliphatic rings. The third-order valence-corrected chi connectivity index (χ3v) is 7.77. The third kappa shape index (κ3) is 5.20. The summed E-state index contributed by atoms with van der Waals surface area (Å²) < 4.78 is 33.1. The summed E-state index contributed by atoms with van der Waals surface area (Å²) in [6, 6.07) is 21.9. The van der Waals surface area contributed by atoms with Crippen molar-refractivity contribution < 1.29 is 17.9 Å². The highest BCUT2D eigenvalue weighted by atomic mass is 79.9. The molecule has 1 N–H and O–H groups in total. The van der Waals surface area contributed by atoms with Crippen molar-refractivity contribution in [3.63, 3.8) is 0 Å². The van der Waals surface area contributed by atoms with Crippen LogP contribution < -0.4 is 10.1 Å². The second-order valence-electron chi connectivity index (χ2n) is 7.48. The molecule has 3 aromatic rings. The van der Waals surface area contributed by atoms with Crippen LogP contribution in [0.2, 0.25) is 0 Å². The van der Waals surface area contributed by atoms with Gasteiger partial charge in [0, 0.05) is 18.8 Å². The van der Waals surface area contributed by atoms with Crippen molar-refractivity contribution in [2.45, 2.75) is 17.7 Å². The lowest BCUT2D eigenvalue weighted by atomic mass is 10.1. The van der Waals surface area contributed by atoms with Crippen LogP contribution in [-0.4, -0.2) is 38.3 Å². The molecule has 32 heavy (non-hydrogen) atoms. The normalized spacial score (nSPS) is 14.3. The van der Waals surface area contributed by atoms with E-state index in [0.717, 1.165) is 28.4 Å². The first-order chi connectivity index (χ1) is 15.4. The molecule has 6 nitrogen and oxygen atoms in total. The topological polar surface area (TPSA) is 75.7 Å². The van der Waals surface area contributed by atoms with Gasteiger partial charge in [-0.1, -0.05) is 36.4 Å². The minimum absolute atomic E-state index is 0.170. The summed E-state index contributed by atoms with van der Waals surface area (Å²) in [6.07, 6.45) is 1.77. The number of amides is 1. The Labute approximate surface area is 196 Å². The molecule has 3 aromatic carbocycles. The summed E-state index contributed by atoms with van der Waals surface area (Å²) in [5.41, 5.74) is 2.64. The molecule has 0 saturated carbocycles. The highest BCUT2D eigenvalue weighted by Gasteiger charge is 2.26. The van der Waals surface area contributed by atoms with Gasteiger partial charge in [-0.3, -0.25) is 4.79 Å². The number of nitrogens with zero attached hydrogens (tertiary/aromatic N) is 1. The molecule has 1 aliphatic heterocycles.